The molecule has 0 saturated heterocycles. The highest BCUT2D eigenvalue weighted by Gasteiger charge is 2.12. The van der Waals surface area contributed by atoms with Crippen LogP contribution in [0.2, 0.25) is 0 Å². The quantitative estimate of drug-likeness (QED) is 0.672. The van der Waals surface area contributed by atoms with Crippen LogP contribution in [-0.4, -0.2) is 4.92 Å². The van der Waals surface area contributed by atoms with Crippen molar-refractivity contribution in [2.45, 2.75) is 20.0 Å². The monoisotopic (exact) mass is 274 g/mol. The number of rotatable bonds is 5. The second kappa shape index (κ2) is 6.25. The van der Waals surface area contributed by atoms with E-state index in [0.717, 1.165) is 11.1 Å². The van der Waals surface area contributed by atoms with E-state index in [9.17, 15) is 14.5 Å². The second-order valence-electron chi connectivity index (χ2n) is 4.55. The van der Waals surface area contributed by atoms with Crippen molar-refractivity contribution < 1.29 is 9.31 Å². The van der Waals surface area contributed by atoms with Crippen LogP contribution in [-0.2, 0) is 13.1 Å². The predicted molar refractivity (Wildman–Crippen MR) is 74.8 cm³/mol. The summed E-state index contributed by atoms with van der Waals surface area (Å²) in [7, 11) is 0. The molecule has 1 N–H and O–H groups in total. The Balaban J connectivity index is 2.01. The molecule has 0 atom stereocenters. The molecule has 0 spiro atoms. The normalized spacial score (nSPS) is 10.5. The summed E-state index contributed by atoms with van der Waals surface area (Å²) in [4.78, 5) is 10.5. The van der Waals surface area contributed by atoms with Crippen molar-refractivity contribution in [1.82, 2.24) is 5.32 Å². The van der Waals surface area contributed by atoms with Gasteiger partial charge >= 0.3 is 0 Å². The number of benzene rings is 2. The van der Waals surface area contributed by atoms with E-state index in [1.807, 2.05) is 12.1 Å². The molecule has 5 heteroatoms. The first-order valence-electron chi connectivity index (χ1n) is 6.26. The number of hydrogen-bond donors (Lipinski definition) is 1. The third-order valence-electron chi connectivity index (χ3n) is 3.15. The number of nitrogens with one attached hydrogen (secondary N) is 1. The average molecular weight is 274 g/mol. The molecule has 0 heterocycles. The van der Waals surface area contributed by atoms with Crippen LogP contribution < -0.4 is 5.32 Å². The first-order valence-corrected chi connectivity index (χ1v) is 6.26. The van der Waals surface area contributed by atoms with Gasteiger partial charge in [0.1, 0.15) is 5.82 Å². The molecule has 0 fully saturated rings. The second-order valence-corrected chi connectivity index (χ2v) is 4.55. The summed E-state index contributed by atoms with van der Waals surface area (Å²) in [5.41, 5.74) is 2.49. The molecule has 2 rings (SSSR count). The molecule has 104 valence electrons. The summed E-state index contributed by atoms with van der Waals surface area (Å²) >= 11 is 0. The molecule has 0 bridgehead atoms. The van der Waals surface area contributed by atoms with E-state index >= 15 is 0 Å². The Hall–Kier alpha value is -2.27. The molecule has 2 aromatic rings. The predicted octanol–water partition coefficient (Wildman–Crippen LogP) is 3.33. The summed E-state index contributed by atoms with van der Waals surface area (Å²) in [5, 5.41) is 14.0. The highest BCUT2D eigenvalue weighted by molar-refractivity contribution is 5.44. The maximum absolute atomic E-state index is 13.0. The smallest absolute Gasteiger partial charge is 0.272 e. The lowest BCUT2D eigenvalue weighted by Crippen LogP contribution is -2.14. The number of hydrogen-bond acceptors (Lipinski definition) is 3. The van der Waals surface area contributed by atoms with Crippen LogP contribution in [0.4, 0.5) is 10.1 Å². The molecule has 0 saturated carbocycles. The Morgan fingerprint density at radius 2 is 1.95 bits per heavy atom. The lowest BCUT2D eigenvalue weighted by Gasteiger charge is -2.08. The first kappa shape index (κ1) is 14.1. The Labute approximate surface area is 116 Å². The van der Waals surface area contributed by atoms with Gasteiger partial charge in [-0.3, -0.25) is 10.1 Å². The summed E-state index contributed by atoms with van der Waals surface area (Å²) in [6.45, 7) is 2.75. The SMILES string of the molecule is Cc1c(CNCc2cccc(F)c2)cccc1[N+](=O)[O-]. The molecule has 0 aliphatic rings. The number of nitrogens with zero attached hydrogens (tertiary/aromatic N) is 1. The molecule has 0 aliphatic carbocycles. The topological polar surface area (TPSA) is 55.2 Å². The summed E-state index contributed by atoms with van der Waals surface area (Å²) in [5.74, 6) is -0.268. The van der Waals surface area contributed by atoms with Gasteiger partial charge in [0, 0.05) is 24.7 Å². The third-order valence-corrected chi connectivity index (χ3v) is 3.15. The van der Waals surface area contributed by atoms with Crippen LogP contribution in [0.5, 0.6) is 0 Å². The van der Waals surface area contributed by atoms with Crippen LogP contribution in [0.15, 0.2) is 42.5 Å². The standard InChI is InChI=1S/C15H15FN2O2/c1-11-13(5-3-7-15(11)18(19)20)10-17-9-12-4-2-6-14(16)8-12/h2-8,17H,9-10H2,1H3. The highest BCUT2D eigenvalue weighted by Crippen LogP contribution is 2.20. The first-order chi connectivity index (χ1) is 9.58. The minimum absolute atomic E-state index is 0.120. The fourth-order valence-corrected chi connectivity index (χ4v) is 2.05. The number of halogens is 1. The van der Waals surface area contributed by atoms with Crippen LogP contribution >= 0.6 is 0 Å². The van der Waals surface area contributed by atoms with Crippen molar-refractivity contribution >= 4 is 5.69 Å². The molecule has 0 amide bonds. The van der Waals surface area contributed by atoms with Gasteiger partial charge in [0.25, 0.3) is 5.69 Å². The largest absolute Gasteiger partial charge is 0.309 e. The molecule has 0 unspecified atom stereocenters. The maximum Gasteiger partial charge on any atom is 0.272 e. The van der Waals surface area contributed by atoms with Crippen molar-refractivity contribution in [1.29, 1.82) is 0 Å². The van der Waals surface area contributed by atoms with Crippen molar-refractivity contribution in [3.63, 3.8) is 0 Å². The van der Waals surface area contributed by atoms with Crippen LogP contribution in [0.1, 0.15) is 16.7 Å². The molecular weight excluding hydrogens is 259 g/mol. The molecule has 0 aliphatic heterocycles. The van der Waals surface area contributed by atoms with Gasteiger partial charge in [-0.05, 0) is 30.2 Å². The van der Waals surface area contributed by atoms with Crippen molar-refractivity contribution in [2.75, 3.05) is 0 Å². The summed E-state index contributed by atoms with van der Waals surface area (Å²) < 4.78 is 13.0. The Bertz CT molecular complexity index is 629. The van der Waals surface area contributed by atoms with Gasteiger partial charge in [0.05, 0.1) is 4.92 Å². The van der Waals surface area contributed by atoms with Gasteiger partial charge in [0.15, 0.2) is 0 Å². The fourth-order valence-electron chi connectivity index (χ4n) is 2.05. The molecule has 20 heavy (non-hydrogen) atoms. The number of nitro groups is 1. The molecular formula is C15H15FN2O2. The molecule has 0 radical (unpaired) electrons. The zero-order valence-corrected chi connectivity index (χ0v) is 11.1. The van der Waals surface area contributed by atoms with Crippen LogP contribution in [0.25, 0.3) is 0 Å². The van der Waals surface area contributed by atoms with E-state index in [1.54, 1.807) is 19.1 Å². The van der Waals surface area contributed by atoms with E-state index in [2.05, 4.69) is 5.32 Å². The average Bonchev–Trinajstić information content (AvgIpc) is 2.40. The molecule has 0 aromatic heterocycles. The summed E-state index contributed by atoms with van der Waals surface area (Å²) in [6, 6.07) is 11.4. The van der Waals surface area contributed by atoms with Crippen molar-refractivity contribution in [3.05, 3.63) is 75.1 Å². The Kier molecular flexibility index (Phi) is 4.42. The minimum Gasteiger partial charge on any atom is -0.309 e. The van der Waals surface area contributed by atoms with Crippen LogP contribution in [0.3, 0.4) is 0 Å². The zero-order valence-electron chi connectivity index (χ0n) is 11.1. The minimum atomic E-state index is -0.384. The van der Waals surface area contributed by atoms with Crippen molar-refractivity contribution in [2.24, 2.45) is 0 Å². The van der Waals surface area contributed by atoms with Crippen molar-refractivity contribution in [3.8, 4) is 0 Å². The Morgan fingerprint density at radius 1 is 1.20 bits per heavy atom. The third kappa shape index (κ3) is 3.39. The van der Waals surface area contributed by atoms with Gasteiger partial charge in [-0.25, -0.2) is 4.39 Å². The van der Waals surface area contributed by atoms with E-state index < -0.39 is 0 Å². The maximum atomic E-state index is 13.0. The van der Waals surface area contributed by atoms with Gasteiger partial charge in [-0.2, -0.15) is 0 Å². The fraction of sp³-hybridized carbons (Fsp3) is 0.200. The highest BCUT2D eigenvalue weighted by atomic mass is 19.1. The van der Waals surface area contributed by atoms with E-state index in [0.29, 0.717) is 18.7 Å². The lowest BCUT2D eigenvalue weighted by molar-refractivity contribution is -0.385. The Morgan fingerprint density at radius 3 is 2.65 bits per heavy atom. The van der Waals surface area contributed by atoms with Gasteiger partial charge < -0.3 is 5.32 Å². The van der Waals surface area contributed by atoms with E-state index in [-0.39, 0.29) is 16.4 Å². The zero-order chi connectivity index (χ0) is 14.5. The van der Waals surface area contributed by atoms with E-state index in [1.165, 1.54) is 18.2 Å². The van der Waals surface area contributed by atoms with Gasteiger partial charge in [0.2, 0.25) is 0 Å². The van der Waals surface area contributed by atoms with Gasteiger partial charge in [-0.15, -0.1) is 0 Å². The van der Waals surface area contributed by atoms with E-state index in [4.69, 9.17) is 0 Å². The molecule has 4 nitrogen and oxygen atoms in total. The molecule has 2 aromatic carbocycles. The van der Waals surface area contributed by atoms with Gasteiger partial charge in [-0.1, -0.05) is 24.3 Å². The van der Waals surface area contributed by atoms with Crippen LogP contribution in [0, 0.1) is 22.9 Å². The summed E-state index contributed by atoms with van der Waals surface area (Å²) in [6.07, 6.45) is 0. The lowest BCUT2D eigenvalue weighted by atomic mass is 10.1. The number of nitro benzene ring substituents is 1.